The molecule has 85 heavy (non-hydrogen) atoms. The average Bonchev–Trinajstić information content (AvgIpc) is 2.85. The molecule has 16 nitrogen and oxygen atoms in total. The van der Waals surface area contributed by atoms with E-state index in [1.165, 1.54) is 47.4 Å². The van der Waals surface area contributed by atoms with Crippen molar-refractivity contribution in [1.29, 1.82) is 0 Å². The highest BCUT2D eigenvalue weighted by atomic mass is 16.6. The molecule has 0 saturated carbocycles. The topological polar surface area (TPSA) is 189 Å². The minimum absolute atomic E-state index is 0.00974. The summed E-state index contributed by atoms with van der Waals surface area (Å²) < 4.78 is 21.9. The first-order valence-electron chi connectivity index (χ1n) is 31.0. The van der Waals surface area contributed by atoms with Gasteiger partial charge in [-0.25, -0.2) is 19.2 Å². The third-order valence-corrected chi connectivity index (χ3v) is 15.1. The van der Waals surface area contributed by atoms with Crippen LogP contribution in [0.15, 0.2) is 97.1 Å². The molecule has 2 unspecified atom stereocenters. The van der Waals surface area contributed by atoms with Gasteiger partial charge in [-0.2, -0.15) is 0 Å². The standard InChI is InChI=1S/2C22H34N2O4.C13H20N2.C12H18N2/c1-15-8-13-18(24(14-15)20(26)28-22(5,6)7)16-9-11-17(12-10-16)23-19(25)27-21(2,3)4;1-21(2,3)27-19(25)23(7)17-13-11-16(12-14-17)18-10-8-9-15-24(18)20(26)28-22(4,5)6;1-10-3-8-13(15-9-10)11-4-6-12(14-2)7-5-11;1-9-2-7-12(14-8-9)10-3-5-11(13)6-4-10/h9-12,15,18H,8,13-14H2,1-7H3,(H,23,25);11-14,18H,8-10,15H2,1-7H3;4-7,10,13-15H,3,8-9H2,1-2H3;3-6,9,12,14H,2,7-8,13H2,1H3/t15-,18+;18-;10-,13+;/m101./s1. The van der Waals surface area contributed by atoms with E-state index in [-0.39, 0.29) is 24.3 Å². The number of benzene rings is 4. The van der Waals surface area contributed by atoms with Gasteiger partial charge in [0.2, 0.25) is 0 Å². The number of carbonyl (C=O) groups excluding carboxylic acids is 4. The first kappa shape index (κ1) is 69.3. The SMILES string of the molecule is CC1CCC(c2ccc(N)cc2)NC1.CN(C(=O)OC(C)(C)C)c1ccc([C@@H]2CCCCN2C(=O)OC(C)(C)C)cc1.CNc1ccc([C@@H]2CC[C@@H](C)CN2)cc1.C[C@@H]1CC[C@@H](c2ccc(NC(=O)OC(C)(C)C)cc2)N(C(=O)OC(C)(C)C)C1. The number of hydrogen-bond acceptors (Lipinski definition) is 12. The Kier molecular flexibility index (Phi) is 25.4. The highest BCUT2D eigenvalue weighted by molar-refractivity contribution is 5.87. The van der Waals surface area contributed by atoms with Crippen LogP contribution in [0.1, 0.15) is 208 Å². The Morgan fingerprint density at radius 1 is 0.506 bits per heavy atom. The van der Waals surface area contributed by atoms with Gasteiger partial charge in [-0.1, -0.05) is 69.3 Å². The Bertz CT molecular complexity index is 2680. The monoisotopic (exact) mass is 1170 g/mol. The van der Waals surface area contributed by atoms with E-state index in [2.05, 4.69) is 78.4 Å². The van der Waals surface area contributed by atoms with E-state index in [0.29, 0.717) is 36.8 Å². The number of carbonyl (C=O) groups is 4. The zero-order chi connectivity index (χ0) is 62.9. The number of piperidine rings is 4. The molecule has 4 amide bonds. The fraction of sp³-hybridized carbons (Fsp3) is 0.594. The van der Waals surface area contributed by atoms with E-state index in [1.807, 2.05) is 161 Å². The van der Waals surface area contributed by atoms with E-state index in [4.69, 9.17) is 24.7 Å². The van der Waals surface area contributed by atoms with Gasteiger partial charge in [0.1, 0.15) is 22.4 Å². The lowest BCUT2D eigenvalue weighted by Crippen LogP contribution is -2.44. The number of ether oxygens (including phenoxy) is 4. The summed E-state index contributed by atoms with van der Waals surface area (Å²) in [5, 5.41) is 13.0. The summed E-state index contributed by atoms with van der Waals surface area (Å²) in [6, 6.07) is 33.3. The van der Waals surface area contributed by atoms with Crippen molar-refractivity contribution < 1.29 is 38.1 Å². The molecule has 0 aromatic heterocycles. The third-order valence-electron chi connectivity index (χ3n) is 15.1. The molecule has 0 spiro atoms. The second kappa shape index (κ2) is 31.2. The van der Waals surface area contributed by atoms with Crippen molar-refractivity contribution in [3.63, 3.8) is 0 Å². The molecule has 4 aromatic rings. The molecular formula is C69H106N8O8. The van der Waals surface area contributed by atoms with Gasteiger partial charge in [0.25, 0.3) is 0 Å². The highest BCUT2D eigenvalue weighted by Gasteiger charge is 2.35. The van der Waals surface area contributed by atoms with E-state index >= 15 is 0 Å². The summed E-state index contributed by atoms with van der Waals surface area (Å²) in [6.45, 7) is 32.7. The molecule has 0 bridgehead atoms. The fourth-order valence-electron chi connectivity index (χ4n) is 10.6. The van der Waals surface area contributed by atoms with Crippen LogP contribution in [-0.4, -0.2) is 96.9 Å². The van der Waals surface area contributed by atoms with Gasteiger partial charge in [-0.05, 0) is 243 Å². The number of amides is 4. The maximum Gasteiger partial charge on any atom is 0.414 e. The predicted molar refractivity (Wildman–Crippen MR) is 346 cm³/mol. The van der Waals surface area contributed by atoms with Crippen LogP contribution >= 0.6 is 0 Å². The smallest absolute Gasteiger partial charge is 0.414 e. The first-order chi connectivity index (χ1) is 39.8. The Hall–Kier alpha value is -6.52. The van der Waals surface area contributed by atoms with E-state index in [1.54, 1.807) is 7.05 Å². The molecule has 7 atom stereocenters. The maximum absolute atomic E-state index is 12.7. The fourth-order valence-corrected chi connectivity index (χ4v) is 10.6. The summed E-state index contributed by atoms with van der Waals surface area (Å²) >= 11 is 0. The van der Waals surface area contributed by atoms with Gasteiger partial charge >= 0.3 is 24.4 Å². The Labute approximate surface area is 510 Å². The van der Waals surface area contributed by atoms with E-state index in [9.17, 15) is 19.2 Å². The highest BCUT2D eigenvalue weighted by Crippen LogP contribution is 2.37. The zero-order valence-corrected chi connectivity index (χ0v) is 54.7. The van der Waals surface area contributed by atoms with Crippen molar-refractivity contribution in [2.45, 2.75) is 208 Å². The van der Waals surface area contributed by atoms with Crippen LogP contribution in [0.4, 0.5) is 41.9 Å². The minimum atomic E-state index is -0.545. The normalized spacial score (nSPS) is 21.8. The number of nitrogens with zero attached hydrogens (tertiary/aromatic N) is 3. The Balaban J connectivity index is 0.000000216. The maximum atomic E-state index is 12.7. The molecule has 470 valence electrons. The number of hydrogen-bond donors (Lipinski definition) is 5. The number of nitrogens with two attached hydrogens (primary N) is 1. The molecule has 4 aromatic carbocycles. The second-order valence-corrected chi connectivity index (χ2v) is 27.7. The van der Waals surface area contributed by atoms with Gasteiger partial charge in [0.05, 0.1) is 12.1 Å². The minimum Gasteiger partial charge on any atom is -0.444 e. The second-order valence-electron chi connectivity index (χ2n) is 27.7. The molecule has 4 fully saturated rings. The van der Waals surface area contributed by atoms with Crippen molar-refractivity contribution in [2.75, 3.05) is 61.5 Å². The quantitative estimate of drug-likeness (QED) is 0.0871. The first-order valence-corrected chi connectivity index (χ1v) is 31.0. The Morgan fingerprint density at radius 2 is 0.929 bits per heavy atom. The third kappa shape index (κ3) is 24.0. The van der Waals surface area contributed by atoms with Gasteiger partial charge in [-0.15, -0.1) is 0 Å². The van der Waals surface area contributed by atoms with Gasteiger partial charge in [0, 0.05) is 62.0 Å². The number of likely N-dealkylation sites (tertiary alicyclic amines) is 2. The molecule has 0 aliphatic carbocycles. The van der Waals surface area contributed by atoms with Gasteiger partial charge in [-0.3, -0.25) is 10.2 Å². The molecule has 8 rings (SSSR count). The lowest BCUT2D eigenvalue weighted by molar-refractivity contribution is 0.00347. The lowest BCUT2D eigenvalue weighted by Gasteiger charge is -2.39. The summed E-state index contributed by atoms with van der Waals surface area (Å²) in [5.74, 6) is 2.09. The van der Waals surface area contributed by atoms with Crippen LogP contribution < -0.4 is 31.9 Å². The molecule has 4 heterocycles. The van der Waals surface area contributed by atoms with Crippen molar-refractivity contribution in [1.82, 2.24) is 20.4 Å². The van der Waals surface area contributed by atoms with Crippen LogP contribution in [0.5, 0.6) is 0 Å². The van der Waals surface area contributed by atoms with Crippen molar-refractivity contribution in [2.24, 2.45) is 17.8 Å². The lowest BCUT2D eigenvalue weighted by atomic mass is 9.90. The molecule has 4 aliphatic heterocycles. The van der Waals surface area contributed by atoms with Crippen molar-refractivity contribution >= 4 is 47.1 Å². The Morgan fingerprint density at radius 3 is 1.39 bits per heavy atom. The molecular weight excluding hydrogens is 1070 g/mol. The number of anilines is 4. The average molecular weight is 1180 g/mol. The van der Waals surface area contributed by atoms with Crippen molar-refractivity contribution in [3.8, 4) is 0 Å². The van der Waals surface area contributed by atoms with Crippen LogP contribution in [0, 0.1) is 17.8 Å². The molecule has 6 N–H and O–H groups in total. The van der Waals surface area contributed by atoms with Crippen LogP contribution in [-0.2, 0) is 18.9 Å². The summed E-state index contributed by atoms with van der Waals surface area (Å²) in [4.78, 5) is 54.7. The largest absolute Gasteiger partial charge is 0.444 e. The zero-order valence-electron chi connectivity index (χ0n) is 54.7. The van der Waals surface area contributed by atoms with Crippen LogP contribution in [0.3, 0.4) is 0 Å². The van der Waals surface area contributed by atoms with Crippen LogP contribution in [0.25, 0.3) is 0 Å². The predicted octanol–water partition coefficient (Wildman–Crippen LogP) is 16.4. The molecule has 16 heteroatoms. The van der Waals surface area contributed by atoms with Crippen molar-refractivity contribution in [3.05, 3.63) is 119 Å². The molecule has 4 saturated heterocycles. The summed E-state index contributed by atoms with van der Waals surface area (Å²) in [5.41, 5.74) is 11.8. The molecule has 0 radical (unpaired) electrons. The summed E-state index contributed by atoms with van der Waals surface area (Å²) in [6.07, 6.45) is 8.64. The van der Waals surface area contributed by atoms with Crippen LogP contribution in [0.2, 0.25) is 0 Å². The van der Waals surface area contributed by atoms with E-state index < -0.39 is 34.6 Å². The van der Waals surface area contributed by atoms with Gasteiger partial charge in [0.15, 0.2) is 0 Å². The number of rotatable bonds is 7. The number of nitrogens with one attached hydrogen (secondary N) is 4. The van der Waals surface area contributed by atoms with E-state index in [0.717, 1.165) is 79.5 Å². The summed E-state index contributed by atoms with van der Waals surface area (Å²) in [7, 11) is 3.65. The molecule has 4 aliphatic rings. The number of nitrogen functional groups attached to an aromatic ring is 1. The van der Waals surface area contributed by atoms with Gasteiger partial charge < -0.3 is 50.4 Å².